The Kier molecular flexibility index (Phi) is 4.14. The third-order valence-corrected chi connectivity index (χ3v) is 3.89. The Morgan fingerprint density at radius 1 is 1.44 bits per heavy atom. The highest BCUT2D eigenvalue weighted by Crippen LogP contribution is 2.25. The first-order valence-corrected chi connectivity index (χ1v) is 7.19. The van der Waals surface area contributed by atoms with Crippen LogP contribution < -0.4 is 5.32 Å². The summed E-state index contributed by atoms with van der Waals surface area (Å²) in [5.41, 5.74) is 3.65. The summed E-state index contributed by atoms with van der Waals surface area (Å²) in [6.45, 7) is 10.6. The maximum absolute atomic E-state index is 4.62. The molecule has 0 aromatic carbocycles. The highest BCUT2D eigenvalue weighted by molar-refractivity contribution is 7.12. The molecule has 0 bridgehead atoms. The zero-order chi connectivity index (χ0) is 13.1. The molecular formula is C13H20N4S. The topological polar surface area (TPSA) is 42.7 Å². The molecule has 0 radical (unpaired) electrons. The van der Waals surface area contributed by atoms with E-state index >= 15 is 0 Å². The van der Waals surface area contributed by atoms with Crippen LogP contribution in [0.25, 0.3) is 5.13 Å². The van der Waals surface area contributed by atoms with E-state index in [1.165, 1.54) is 11.3 Å². The number of hydrogen-bond acceptors (Lipinski definition) is 4. The molecule has 0 aliphatic rings. The van der Waals surface area contributed by atoms with E-state index in [0.717, 1.165) is 23.9 Å². The normalized spacial score (nSPS) is 12.9. The van der Waals surface area contributed by atoms with Crippen LogP contribution in [0.4, 0.5) is 0 Å². The molecule has 0 aliphatic carbocycles. The van der Waals surface area contributed by atoms with Crippen molar-refractivity contribution in [1.29, 1.82) is 0 Å². The van der Waals surface area contributed by atoms with E-state index in [0.29, 0.717) is 5.92 Å². The molecule has 2 rings (SSSR count). The van der Waals surface area contributed by atoms with Crippen molar-refractivity contribution in [2.75, 3.05) is 13.1 Å². The van der Waals surface area contributed by atoms with Gasteiger partial charge in [-0.2, -0.15) is 5.10 Å². The highest BCUT2D eigenvalue weighted by Gasteiger charge is 2.18. The summed E-state index contributed by atoms with van der Waals surface area (Å²) in [5.74, 6) is 0.471. The third kappa shape index (κ3) is 2.47. The van der Waals surface area contributed by atoms with Gasteiger partial charge < -0.3 is 5.32 Å². The first-order chi connectivity index (χ1) is 8.65. The zero-order valence-corrected chi connectivity index (χ0v) is 12.2. The molecule has 1 unspecified atom stereocenters. The largest absolute Gasteiger partial charge is 0.316 e. The molecule has 0 fully saturated rings. The summed E-state index contributed by atoms with van der Waals surface area (Å²) >= 11 is 1.62. The molecular weight excluding hydrogens is 244 g/mol. The molecule has 98 valence electrons. The molecule has 0 saturated carbocycles. The molecule has 4 nitrogen and oxygen atoms in total. The molecule has 5 heteroatoms. The maximum atomic E-state index is 4.62. The highest BCUT2D eigenvalue weighted by atomic mass is 32.1. The lowest BCUT2D eigenvalue weighted by Crippen LogP contribution is -2.20. The fourth-order valence-electron chi connectivity index (χ4n) is 2.34. The molecule has 1 atom stereocenters. The lowest BCUT2D eigenvalue weighted by Gasteiger charge is -2.12. The van der Waals surface area contributed by atoms with Crippen molar-refractivity contribution in [1.82, 2.24) is 20.1 Å². The minimum atomic E-state index is 0.471. The van der Waals surface area contributed by atoms with Gasteiger partial charge in [0.25, 0.3) is 0 Å². The molecule has 2 aromatic heterocycles. The summed E-state index contributed by atoms with van der Waals surface area (Å²) in [6.07, 6.45) is 1.82. The van der Waals surface area contributed by atoms with Gasteiger partial charge in [0.1, 0.15) is 0 Å². The second-order valence-electron chi connectivity index (χ2n) is 4.52. The molecule has 2 aromatic rings. The second-order valence-corrected chi connectivity index (χ2v) is 5.39. The fraction of sp³-hybridized carbons (Fsp3) is 0.538. The van der Waals surface area contributed by atoms with E-state index in [9.17, 15) is 0 Å². The van der Waals surface area contributed by atoms with Gasteiger partial charge in [0.15, 0.2) is 0 Å². The van der Waals surface area contributed by atoms with Crippen LogP contribution in [0.2, 0.25) is 0 Å². The van der Waals surface area contributed by atoms with Gasteiger partial charge in [0.05, 0.1) is 5.69 Å². The monoisotopic (exact) mass is 264 g/mol. The van der Waals surface area contributed by atoms with Gasteiger partial charge in [0.2, 0.25) is 5.13 Å². The molecule has 0 aliphatic heterocycles. The van der Waals surface area contributed by atoms with Gasteiger partial charge in [-0.3, -0.25) is 0 Å². The maximum Gasteiger partial charge on any atom is 0.210 e. The smallest absolute Gasteiger partial charge is 0.210 e. The third-order valence-electron chi connectivity index (χ3n) is 3.14. The number of nitrogens with zero attached hydrogens (tertiary/aromatic N) is 3. The first-order valence-electron chi connectivity index (χ1n) is 6.31. The number of thiazole rings is 1. The molecule has 0 amide bonds. The number of aromatic nitrogens is 3. The summed E-state index contributed by atoms with van der Waals surface area (Å²) < 4.78 is 1.96. The first kappa shape index (κ1) is 13.2. The van der Waals surface area contributed by atoms with Crippen molar-refractivity contribution in [3.63, 3.8) is 0 Å². The summed E-state index contributed by atoms with van der Waals surface area (Å²) in [5, 5.41) is 10.9. The number of hydrogen-bond donors (Lipinski definition) is 1. The van der Waals surface area contributed by atoms with E-state index < -0.39 is 0 Å². The van der Waals surface area contributed by atoms with Crippen molar-refractivity contribution in [2.24, 2.45) is 0 Å². The lowest BCUT2D eigenvalue weighted by molar-refractivity contribution is 0.630. The zero-order valence-electron chi connectivity index (χ0n) is 11.4. The van der Waals surface area contributed by atoms with Crippen molar-refractivity contribution in [3.05, 3.63) is 28.5 Å². The van der Waals surface area contributed by atoms with Gasteiger partial charge in [-0.25, -0.2) is 9.67 Å². The second kappa shape index (κ2) is 5.63. The van der Waals surface area contributed by atoms with E-state index in [-0.39, 0.29) is 0 Å². The van der Waals surface area contributed by atoms with Crippen LogP contribution in [0.5, 0.6) is 0 Å². The van der Waals surface area contributed by atoms with E-state index in [4.69, 9.17) is 0 Å². The number of aryl methyl sites for hydroxylation is 1. The number of rotatable bonds is 5. The summed E-state index contributed by atoms with van der Waals surface area (Å²) in [7, 11) is 0. The predicted octanol–water partition coefficient (Wildman–Crippen LogP) is 2.66. The Bertz CT molecular complexity index is 501. The average Bonchev–Trinajstić information content (AvgIpc) is 2.94. The minimum absolute atomic E-state index is 0.471. The van der Waals surface area contributed by atoms with Gasteiger partial charge in [-0.05, 0) is 26.3 Å². The Morgan fingerprint density at radius 2 is 2.22 bits per heavy atom. The Balaban J connectivity index is 2.32. The van der Waals surface area contributed by atoms with Crippen LogP contribution in [0.15, 0.2) is 11.6 Å². The van der Waals surface area contributed by atoms with Gasteiger partial charge in [-0.15, -0.1) is 11.3 Å². The predicted molar refractivity (Wildman–Crippen MR) is 75.7 cm³/mol. The van der Waals surface area contributed by atoms with Crippen LogP contribution in [-0.2, 0) is 0 Å². The van der Waals surface area contributed by atoms with Crippen LogP contribution in [0, 0.1) is 13.8 Å². The summed E-state index contributed by atoms with van der Waals surface area (Å²) in [6, 6.07) is 0. The van der Waals surface area contributed by atoms with Crippen molar-refractivity contribution in [3.8, 4) is 5.13 Å². The fourth-order valence-corrected chi connectivity index (χ4v) is 2.98. The number of nitrogens with one attached hydrogen (secondary N) is 1. The van der Waals surface area contributed by atoms with Gasteiger partial charge in [0, 0.05) is 29.4 Å². The Labute approximate surface area is 112 Å². The van der Waals surface area contributed by atoms with Gasteiger partial charge >= 0.3 is 0 Å². The van der Waals surface area contributed by atoms with Crippen LogP contribution >= 0.6 is 11.3 Å². The Hall–Kier alpha value is -1.20. The molecule has 2 heterocycles. The van der Waals surface area contributed by atoms with Crippen LogP contribution in [0.1, 0.15) is 36.7 Å². The SMILES string of the molecule is CCNCC(C)c1c(C)nn(-c2nccs2)c1C. The van der Waals surface area contributed by atoms with Crippen molar-refractivity contribution < 1.29 is 0 Å². The van der Waals surface area contributed by atoms with Crippen molar-refractivity contribution >= 4 is 11.3 Å². The lowest BCUT2D eigenvalue weighted by atomic mass is 9.99. The molecule has 18 heavy (non-hydrogen) atoms. The van der Waals surface area contributed by atoms with E-state index in [2.05, 4.69) is 43.1 Å². The molecule has 1 N–H and O–H groups in total. The summed E-state index contributed by atoms with van der Waals surface area (Å²) in [4.78, 5) is 4.33. The number of likely N-dealkylation sites (N-methyl/N-ethyl adjacent to an activating group) is 1. The molecule has 0 saturated heterocycles. The van der Waals surface area contributed by atoms with Gasteiger partial charge in [-0.1, -0.05) is 13.8 Å². The van der Waals surface area contributed by atoms with Crippen LogP contribution in [-0.4, -0.2) is 27.9 Å². The van der Waals surface area contributed by atoms with E-state index in [1.807, 2.05) is 16.3 Å². The Morgan fingerprint density at radius 3 is 2.83 bits per heavy atom. The van der Waals surface area contributed by atoms with Crippen molar-refractivity contribution in [2.45, 2.75) is 33.6 Å². The molecule has 0 spiro atoms. The average molecular weight is 264 g/mol. The minimum Gasteiger partial charge on any atom is -0.316 e. The van der Waals surface area contributed by atoms with E-state index in [1.54, 1.807) is 11.3 Å². The van der Waals surface area contributed by atoms with Crippen LogP contribution in [0.3, 0.4) is 0 Å². The quantitative estimate of drug-likeness (QED) is 0.903. The standard InChI is InChI=1S/C13H20N4S/c1-5-14-8-9(2)12-10(3)16-17(11(12)4)13-15-6-7-18-13/h6-7,9,14H,5,8H2,1-4H3.